The smallest absolute Gasteiger partial charge is 0.320 e. The molecule has 16 heteroatoms. The number of aromatic nitrogens is 4. The number of hydrogen-bond donors (Lipinski definition) is 6. The number of nitrogens with two attached hydrogens (primary N) is 2. The number of aliphatic carboxylic acids is 2. The van der Waals surface area contributed by atoms with Crippen LogP contribution in [0.2, 0.25) is 0 Å². The number of carboxylic acid groups (broad SMARTS) is 2. The van der Waals surface area contributed by atoms with Crippen molar-refractivity contribution in [3.63, 3.8) is 0 Å². The van der Waals surface area contributed by atoms with Gasteiger partial charge in [0.25, 0.3) is 0 Å². The molecule has 0 amide bonds. The molecule has 2 atom stereocenters. The van der Waals surface area contributed by atoms with E-state index < -0.39 is 24.0 Å². The Morgan fingerprint density at radius 3 is 1.29 bits per heavy atom. The van der Waals surface area contributed by atoms with Crippen molar-refractivity contribution in [3.8, 4) is 0 Å². The number of rotatable bonds is 6. The van der Waals surface area contributed by atoms with Crippen molar-refractivity contribution in [1.29, 1.82) is 0 Å². The predicted octanol–water partition coefficient (Wildman–Crippen LogP) is -5.40. The van der Waals surface area contributed by atoms with E-state index in [-0.39, 0.29) is 59.7 Å². The Bertz CT molecular complexity index is 532. The maximum atomic E-state index is 10.3. The van der Waals surface area contributed by atoms with Crippen molar-refractivity contribution in [2.45, 2.75) is 24.9 Å². The first-order valence-electron chi connectivity index (χ1n) is 6.31. The fourth-order valence-electron chi connectivity index (χ4n) is 1.44. The van der Waals surface area contributed by atoms with Gasteiger partial charge in [0.15, 0.2) is 0 Å². The van der Waals surface area contributed by atoms with Crippen LogP contribution >= 0.6 is 0 Å². The van der Waals surface area contributed by atoms with E-state index in [1.54, 1.807) is 12.4 Å². The van der Waals surface area contributed by atoms with Gasteiger partial charge in [0.2, 0.25) is 0 Å². The molecule has 0 spiro atoms. The fraction of sp³-hybridized carbons (Fsp3) is 0.333. The topological polar surface area (TPSA) is 342 Å². The van der Waals surface area contributed by atoms with Crippen LogP contribution in [0.3, 0.4) is 0 Å². The number of imidazole rings is 2. The zero-order chi connectivity index (χ0) is 16.5. The van der Waals surface area contributed by atoms with Crippen molar-refractivity contribution in [1.82, 2.24) is 19.9 Å². The summed E-state index contributed by atoms with van der Waals surface area (Å²) in [7, 11) is 0. The van der Waals surface area contributed by atoms with Crippen molar-refractivity contribution in [2.24, 2.45) is 11.5 Å². The molecule has 18 N–H and O–H groups in total. The van der Waals surface area contributed by atoms with Gasteiger partial charge in [-0.05, 0) is 0 Å². The summed E-state index contributed by atoms with van der Waals surface area (Å²) in [5, 5.41) is 16.8. The molecule has 0 aromatic carbocycles. The normalized spacial score (nSPS) is 10.1. The third-order valence-corrected chi connectivity index (χ3v) is 2.62. The van der Waals surface area contributed by atoms with Gasteiger partial charge >= 0.3 is 11.9 Å². The largest absolute Gasteiger partial charge is 0.480 e. The number of carbonyl (C=O) groups is 2. The Balaban J connectivity index is -0.0000000712. The third-order valence-electron chi connectivity index (χ3n) is 2.62. The summed E-state index contributed by atoms with van der Waals surface area (Å²) in [6.45, 7) is 0. The molecular formula is C12H28N6O9Zn. The van der Waals surface area contributed by atoms with Crippen molar-refractivity contribution >= 4 is 11.9 Å². The van der Waals surface area contributed by atoms with Crippen LogP contribution in [0.1, 0.15) is 11.4 Å². The quantitative estimate of drug-likeness (QED) is 0.223. The van der Waals surface area contributed by atoms with Crippen LogP contribution in [0, 0.1) is 0 Å². The zero-order valence-corrected chi connectivity index (χ0v) is 17.8. The summed E-state index contributed by atoms with van der Waals surface area (Å²) in [6.07, 6.45) is 6.67. The molecule has 15 nitrogen and oxygen atoms in total. The van der Waals surface area contributed by atoms with Gasteiger partial charge in [0.1, 0.15) is 12.1 Å². The van der Waals surface area contributed by atoms with E-state index in [4.69, 9.17) is 21.7 Å². The first-order chi connectivity index (χ1) is 10.4. The number of nitrogens with zero attached hydrogens (tertiary/aromatic N) is 2. The maximum Gasteiger partial charge on any atom is 0.320 e. The van der Waals surface area contributed by atoms with E-state index in [2.05, 4.69) is 19.9 Å². The predicted molar refractivity (Wildman–Crippen MR) is 93.9 cm³/mol. The van der Waals surface area contributed by atoms with Gasteiger partial charge in [-0.15, -0.1) is 0 Å². The molecule has 2 aromatic rings. The molecule has 2 rings (SSSR count). The van der Waals surface area contributed by atoms with Crippen LogP contribution in [-0.2, 0) is 41.9 Å². The summed E-state index contributed by atoms with van der Waals surface area (Å²) in [4.78, 5) is 33.5. The number of aromatic amines is 2. The third kappa shape index (κ3) is 15.9. The van der Waals surface area contributed by atoms with E-state index in [9.17, 15) is 9.59 Å². The molecule has 162 valence electrons. The van der Waals surface area contributed by atoms with Gasteiger partial charge in [0, 0.05) is 56.1 Å². The van der Waals surface area contributed by atoms with Crippen molar-refractivity contribution < 1.29 is 66.7 Å². The molecule has 0 bridgehead atoms. The van der Waals surface area contributed by atoms with E-state index in [0.29, 0.717) is 0 Å². The second kappa shape index (κ2) is 21.0. The summed E-state index contributed by atoms with van der Waals surface area (Å²) in [5.74, 6) is -2.00. The average Bonchev–Trinajstić information content (AvgIpc) is 3.12. The molecule has 0 radical (unpaired) electrons. The minimum atomic E-state index is -1.00. The van der Waals surface area contributed by atoms with Gasteiger partial charge in [0.05, 0.1) is 12.7 Å². The van der Waals surface area contributed by atoms with Crippen LogP contribution in [0.25, 0.3) is 0 Å². The van der Waals surface area contributed by atoms with Crippen LogP contribution < -0.4 is 11.5 Å². The summed E-state index contributed by atoms with van der Waals surface area (Å²) >= 11 is 0. The SMILES string of the molecule is N[C@@H](Cc1cnc[nH]1)C(=O)O.N[C@@H](Cc1cnc[nH]1)C(=O)O.O.O.O.O.O.[Zn]. The first kappa shape index (κ1) is 40.4. The maximum absolute atomic E-state index is 10.3. The molecular weight excluding hydrogens is 438 g/mol. The van der Waals surface area contributed by atoms with Crippen molar-refractivity contribution in [2.75, 3.05) is 0 Å². The standard InChI is InChI=1S/2C6H9N3O2.5H2O.Zn/c2*7-5(6(10)11)1-4-2-8-3-9-4;;;;;;/h2*2-3,5H,1,7H2,(H,8,9)(H,10,11);5*1H2;/t2*5-;;;;;;/m00....../s1. The first-order valence-corrected chi connectivity index (χ1v) is 6.31. The van der Waals surface area contributed by atoms with Gasteiger partial charge in [-0.3, -0.25) is 9.59 Å². The zero-order valence-electron chi connectivity index (χ0n) is 14.8. The minimum Gasteiger partial charge on any atom is -0.480 e. The van der Waals surface area contributed by atoms with Gasteiger partial charge in [-0.25, -0.2) is 9.97 Å². The molecule has 0 fully saturated rings. The van der Waals surface area contributed by atoms with Crippen molar-refractivity contribution in [3.05, 3.63) is 36.4 Å². The Morgan fingerprint density at radius 2 is 1.11 bits per heavy atom. The monoisotopic (exact) mass is 464 g/mol. The Hall–Kier alpha value is -2.30. The van der Waals surface area contributed by atoms with Crippen LogP contribution in [-0.4, -0.2) is 81.6 Å². The van der Waals surface area contributed by atoms with Crippen LogP contribution in [0.15, 0.2) is 25.0 Å². The van der Waals surface area contributed by atoms with Crippen LogP contribution in [0.5, 0.6) is 0 Å². The molecule has 2 heterocycles. The van der Waals surface area contributed by atoms with E-state index in [0.717, 1.165) is 11.4 Å². The second-order valence-electron chi connectivity index (χ2n) is 4.45. The Kier molecular flexibility index (Phi) is 30.3. The molecule has 2 aromatic heterocycles. The summed E-state index contributed by atoms with van der Waals surface area (Å²) in [6, 6.07) is -1.70. The molecule has 0 unspecified atom stereocenters. The Morgan fingerprint density at radius 1 is 0.821 bits per heavy atom. The van der Waals surface area contributed by atoms with E-state index >= 15 is 0 Å². The molecule has 0 aliphatic rings. The summed E-state index contributed by atoms with van der Waals surface area (Å²) < 4.78 is 0. The molecule has 0 aliphatic heterocycles. The fourth-order valence-corrected chi connectivity index (χ4v) is 1.44. The second-order valence-corrected chi connectivity index (χ2v) is 4.45. The molecule has 28 heavy (non-hydrogen) atoms. The van der Waals surface area contributed by atoms with Gasteiger partial charge in [-0.2, -0.15) is 0 Å². The number of nitrogens with one attached hydrogen (secondary N) is 2. The number of carboxylic acids is 2. The van der Waals surface area contributed by atoms with Crippen LogP contribution in [0.4, 0.5) is 0 Å². The Labute approximate surface area is 171 Å². The average molecular weight is 466 g/mol. The van der Waals surface area contributed by atoms with E-state index in [1.165, 1.54) is 12.7 Å². The molecule has 0 saturated heterocycles. The number of H-pyrrole nitrogens is 2. The molecule has 0 aliphatic carbocycles. The minimum absolute atomic E-state index is 0. The molecule has 0 saturated carbocycles. The van der Waals surface area contributed by atoms with Gasteiger partial charge in [-0.1, -0.05) is 0 Å². The number of hydrogen-bond acceptors (Lipinski definition) is 6. The van der Waals surface area contributed by atoms with Gasteiger partial charge < -0.3 is 59.0 Å². The summed E-state index contributed by atoms with van der Waals surface area (Å²) in [5.41, 5.74) is 12.0. The van der Waals surface area contributed by atoms with E-state index in [1.807, 2.05) is 0 Å².